The van der Waals surface area contributed by atoms with Gasteiger partial charge < -0.3 is 19.1 Å². The molecular formula is C18H21BrFN3O3. The van der Waals surface area contributed by atoms with Crippen LogP contribution in [0.15, 0.2) is 27.6 Å². The SMILES string of the molecule is CCOC(=O)N1CCN(c2c(F)ccc3c2c(=O)c(Br)cn3CC)CC1. The lowest BCUT2D eigenvalue weighted by Gasteiger charge is -2.36. The molecule has 26 heavy (non-hydrogen) atoms. The van der Waals surface area contributed by atoms with Crippen molar-refractivity contribution in [3.05, 3.63) is 38.8 Å². The topological polar surface area (TPSA) is 54.8 Å². The van der Waals surface area contributed by atoms with Crippen molar-refractivity contribution < 1.29 is 13.9 Å². The summed E-state index contributed by atoms with van der Waals surface area (Å²) < 4.78 is 22.1. The van der Waals surface area contributed by atoms with E-state index in [1.54, 1.807) is 24.1 Å². The molecule has 8 heteroatoms. The number of halogens is 2. The lowest BCUT2D eigenvalue weighted by molar-refractivity contribution is 0.105. The zero-order valence-corrected chi connectivity index (χ0v) is 16.4. The summed E-state index contributed by atoms with van der Waals surface area (Å²) in [5.41, 5.74) is 0.774. The van der Waals surface area contributed by atoms with E-state index in [4.69, 9.17) is 4.74 Å². The third-order valence-corrected chi connectivity index (χ3v) is 5.16. The Labute approximate surface area is 159 Å². The predicted octanol–water partition coefficient (Wildman–Crippen LogP) is 3.20. The van der Waals surface area contributed by atoms with E-state index < -0.39 is 5.82 Å². The molecule has 0 atom stereocenters. The summed E-state index contributed by atoms with van der Waals surface area (Å²) in [6.45, 7) is 6.43. The fourth-order valence-electron chi connectivity index (χ4n) is 3.30. The van der Waals surface area contributed by atoms with Crippen LogP contribution in [0.2, 0.25) is 0 Å². The number of rotatable bonds is 3. The molecule has 0 spiro atoms. The van der Waals surface area contributed by atoms with E-state index in [2.05, 4.69) is 15.9 Å². The van der Waals surface area contributed by atoms with Crippen LogP contribution in [0.5, 0.6) is 0 Å². The number of benzene rings is 1. The highest BCUT2D eigenvalue weighted by Gasteiger charge is 2.26. The van der Waals surface area contributed by atoms with Crippen molar-refractivity contribution in [1.82, 2.24) is 9.47 Å². The minimum atomic E-state index is -0.431. The van der Waals surface area contributed by atoms with Gasteiger partial charge in [-0.05, 0) is 41.9 Å². The smallest absolute Gasteiger partial charge is 0.409 e. The molecule has 2 aromatic rings. The number of carbonyl (C=O) groups is 1. The van der Waals surface area contributed by atoms with E-state index in [0.29, 0.717) is 60.4 Å². The summed E-state index contributed by atoms with van der Waals surface area (Å²) in [4.78, 5) is 28.0. The van der Waals surface area contributed by atoms with Gasteiger partial charge in [-0.2, -0.15) is 0 Å². The van der Waals surface area contributed by atoms with E-state index in [1.807, 2.05) is 16.4 Å². The molecule has 0 radical (unpaired) electrons. The molecule has 1 aliphatic rings. The molecule has 1 aliphatic heterocycles. The lowest BCUT2D eigenvalue weighted by Crippen LogP contribution is -2.49. The normalized spacial score (nSPS) is 14.8. The van der Waals surface area contributed by atoms with Crippen molar-refractivity contribution in [2.45, 2.75) is 20.4 Å². The van der Waals surface area contributed by atoms with Crippen molar-refractivity contribution in [2.24, 2.45) is 0 Å². The Bertz CT molecular complexity index is 891. The van der Waals surface area contributed by atoms with Crippen LogP contribution in [0.3, 0.4) is 0 Å². The van der Waals surface area contributed by atoms with Crippen LogP contribution < -0.4 is 10.3 Å². The molecule has 140 valence electrons. The number of hydrogen-bond donors (Lipinski definition) is 0. The number of aryl methyl sites for hydroxylation is 1. The van der Waals surface area contributed by atoms with Crippen molar-refractivity contribution in [3.8, 4) is 0 Å². The van der Waals surface area contributed by atoms with Crippen molar-refractivity contribution in [1.29, 1.82) is 0 Å². The van der Waals surface area contributed by atoms with Gasteiger partial charge in [0, 0.05) is 38.9 Å². The Morgan fingerprint density at radius 3 is 2.54 bits per heavy atom. The molecule has 0 N–H and O–H groups in total. The van der Waals surface area contributed by atoms with Crippen molar-refractivity contribution in [3.63, 3.8) is 0 Å². The fraction of sp³-hybridized carbons (Fsp3) is 0.444. The number of piperazine rings is 1. The second-order valence-corrected chi connectivity index (χ2v) is 6.91. The quantitative estimate of drug-likeness (QED) is 0.757. The summed E-state index contributed by atoms with van der Waals surface area (Å²) in [5, 5.41) is 0.366. The van der Waals surface area contributed by atoms with Crippen LogP contribution >= 0.6 is 15.9 Å². The highest BCUT2D eigenvalue weighted by molar-refractivity contribution is 9.10. The first-order valence-electron chi connectivity index (χ1n) is 8.65. The predicted molar refractivity (Wildman–Crippen MR) is 102 cm³/mol. The molecule has 6 nitrogen and oxygen atoms in total. The maximum Gasteiger partial charge on any atom is 0.409 e. The van der Waals surface area contributed by atoms with Gasteiger partial charge in [-0.15, -0.1) is 0 Å². The number of carbonyl (C=O) groups excluding carboxylic acids is 1. The van der Waals surface area contributed by atoms with E-state index in [-0.39, 0.29) is 11.5 Å². The average molecular weight is 426 g/mol. The summed E-state index contributed by atoms with van der Waals surface area (Å²) >= 11 is 3.29. The molecule has 0 unspecified atom stereocenters. The number of ether oxygens (including phenoxy) is 1. The largest absolute Gasteiger partial charge is 0.450 e. The third kappa shape index (κ3) is 3.30. The van der Waals surface area contributed by atoms with E-state index in [9.17, 15) is 14.0 Å². The minimum Gasteiger partial charge on any atom is -0.450 e. The van der Waals surface area contributed by atoms with Gasteiger partial charge in [-0.3, -0.25) is 4.79 Å². The maximum absolute atomic E-state index is 14.7. The summed E-state index contributed by atoms with van der Waals surface area (Å²) in [6.07, 6.45) is 1.37. The highest BCUT2D eigenvalue weighted by Crippen LogP contribution is 2.30. The molecule has 1 fully saturated rings. The van der Waals surface area contributed by atoms with Crippen LogP contribution in [0, 0.1) is 5.82 Å². The van der Waals surface area contributed by atoms with Crippen LogP contribution in [-0.4, -0.2) is 48.3 Å². The van der Waals surface area contributed by atoms with Gasteiger partial charge in [0.15, 0.2) is 0 Å². The van der Waals surface area contributed by atoms with E-state index >= 15 is 0 Å². The van der Waals surface area contributed by atoms with E-state index in [1.165, 1.54) is 6.07 Å². The van der Waals surface area contributed by atoms with Gasteiger partial charge in [0.1, 0.15) is 5.82 Å². The highest BCUT2D eigenvalue weighted by atomic mass is 79.9. The average Bonchev–Trinajstić information content (AvgIpc) is 2.65. The Morgan fingerprint density at radius 2 is 1.92 bits per heavy atom. The molecular weight excluding hydrogens is 405 g/mol. The van der Waals surface area contributed by atoms with E-state index in [0.717, 1.165) is 0 Å². The van der Waals surface area contributed by atoms with Gasteiger partial charge >= 0.3 is 6.09 Å². The lowest BCUT2D eigenvalue weighted by atomic mass is 10.1. The summed E-state index contributed by atoms with van der Waals surface area (Å²) in [7, 11) is 0. The van der Waals surface area contributed by atoms with Crippen molar-refractivity contribution in [2.75, 3.05) is 37.7 Å². The van der Waals surface area contributed by atoms with Gasteiger partial charge in [0.25, 0.3) is 0 Å². The van der Waals surface area contributed by atoms with Gasteiger partial charge in [-0.25, -0.2) is 9.18 Å². The molecule has 1 aromatic carbocycles. The second-order valence-electron chi connectivity index (χ2n) is 6.06. The standard InChI is InChI=1S/C18H21BrFN3O3/c1-3-21-11-12(19)17(24)15-14(21)6-5-13(20)16(15)22-7-9-23(10-8-22)18(25)26-4-2/h5-6,11H,3-4,7-10H2,1-2H3. The molecule has 1 aromatic heterocycles. The molecule has 0 bridgehead atoms. The molecule has 2 heterocycles. The number of nitrogens with zero attached hydrogens (tertiary/aromatic N) is 3. The number of aromatic nitrogens is 1. The monoisotopic (exact) mass is 425 g/mol. The maximum atomic E-state index is 14.7. The Kier molecular flexibility index (Phi) is 5.50. The molecule has 1 amide bonds. The van der Waals surface area contributed by atoms with Crippen LogP contribution in [0.4, 0.5) is 14.9 Å². The zero-order valence-electron chi connectivity index (χ0n) is 14.8. The van der Waals surface area contributed by atoms with Crippen molar-refractivity contribution >= 4 is 38.6 Å². The first-order valence-corrected chi connectivity index (χ1v) is 9.45. The van der Waals surface area contributed by atoms with Gasteiger partial charge in [0.05, 0.1) is 27.7 Å². The number of hydrogen-bond acceptors (Lipinski definition) is 4. The number of fused-ring (bicyclic) bond motifs is 1. The Hall–Kier alpha value is -2.09. The fourth-order valence-corrected chi connectivity index (χ4v) is 3.75. The first-order chi connectivity index (χ1) is 12.5. The minimum absolute atomic E-state index is 0.230. The van der Waals surface area contributed by atoms with Crippen LogP contribution in [0.25, 0.3) is 10.9 Å². The van der Waals surface area contributed by atoms with Gasteiger partial charge in [0.2, 0.25) is 5.43 Å². The number of anilines is 1. The first kappa shape index (κ1) is 18.7. The van der Waals surface area contributed by atoms with Crippen LogP contribution in [0.1, 0.15) is 13.8 Å². The zero-order chi connectivity index (χ0) is 18.8. The van der Waals surface area contributed by atoms with Crippen LogP contribution in [-0.2, 0) is 11.3 Å². The number of amides is 1. The molecule has 1 saturated heterocycles. The Balaban J connectivity index is 2.01. The third-order valence-electron chi connectivity index (χ3n) is 4.59. The number of pyridine rings is 1. The molecule has 0 aliphatic carbocycles. The molecule has 3 rings (SSSR count). The summed E-state index contributed by atoms with van der Waals surface area (Å²) in [6, 6.07) is 3.04. The second kappa shape index (κ2) is 7.65. The summed E-state index contributed by atoms with van der Waals surface area (Å²) in [5.74, 6) is -0.431. The van der Waals surface area contributed by atoms with Gasteiger partial charge in [-0.1, -0.05) is 0 Å². The molecule has 0 saturated carbocycles. The Morgan fingerprint density at radius 1 is 1.23 bits per heavy atom.